The number of nitrogens with zero attached hydrogens (tertiary/aromatic N) is 3. The molecule has 2 fully saturated rings. The minimum Gasteiger partial charge on any atom is -0.361 e. The van der Waals surface area contributed by atoms with Crippen LogP contribution in [0.1, 0.15) is 33.6 Å². The number of carbonyl (C=O) groups excluding carboxylic acids is 2. The predicted octanol–water partition coefficient (Wildman–Crippen LogP) is 2.23. The quantitative estimate of drug-likeness (QED) is 0.775. The second kappa shape index (κ2) is 6.30. The summed E-state index contributed by atoms with van der Waals surface area (Å²) in [6, 6.07) is 6.00. The number of likely N-dealkylation sites (tertiary alicyclic amines) is 1. The fourth-order valence-corrected chi connectivity index (χ4v) is 4.38. The van der Waals surface area contributed by atoms with Crippen molar-refractivity contribution in [2.24, 2.45) is 0 Å². The highest BCUT2D eigenvalue weighted by atomic mass is 16.5. The molecule has 0 N–H and O–H groups in total. The predicted molar refractivity (Wildman–Crippen MR) is 103 cm³/mol. The van der Waals surface area contributed by atoms with Crippen molar-refractivity contribution in [3.63, 3.8) is 0 Å². The van der Waals surface area contributed by atoms with Gasteiger partial charge in [0, 0.05) is 24.7 Å². The maximum Gasteiger partial charge on any atom is 0.254 e. The molecule has 27 heavy (non-hydrogen) atoms. The van der Waals surface area contributed by atoms with Crippen LogP contribution in [0, 0.1) is 20.8 Å². The Kier molecular flexibility index (Phi) is 4.18. The Morgan fingerprint density at radius 1 is 1.19 bits per heavy atom. The number of ether oxygens (including phenoxy) is 1. The highest BCUT2D eigenvalue weighted by molar-refractivity contribution is 6.07. The van der Waals surface area contributed by atoms with Crippen molar-refractivity contribution >= 4 is 22.7 Å². The second-order valence-corrected chi connectivity index (χ2v) is 7.99. The molecule has 1 spiro atoms. The Morgan fingerprint density at radius 2 is 1.96 bits per heavy atom. The van der Waals surface area contributed by atoms with Gasteiger partial charge in [-0.25, -0.2) is 0 Å². The van der Waals surface area contributed by atoms with E-state index in [2.05, 4.69) is 11.1 Å². The largest absolute Gasteiger partial charge is 0.361 e. The van der Waals surface area contributed by atoms with Crippen molar-refractivity contribution < 1.29 is 14.3 Å². The van der Waals surface area contributed by atoms with Gasteiger partial charge in [-0.05, 0) is 50.5 Å². The van der Waals surface area contributed by atoms with Crippen LogP contribution in [0.15, 0.2) is 18.2 Å². The molecule has 1 aromatic carbocycles. The SMILES string of the molecule is Cc1cc(C)c2c(C(=O)N3CC[C@]4(CN(C)C(=O)CO4)C3)cc(C)nc2c1. The summed E-state index contributed by atoms with van der Waals surface area (Å²) in [5, 5.41) is 0.925. The molecule has 0 unspecified atom stereocenters. The fourth-order valence-electron chi connectivity index (χ4n) is 4.38. The van der Waals surface area contributed by atoms with Gasteiger partial charge in [0.2, 0.25) is 5.91 Å². The maximum absolute atomic E-state index is 13.4. The molecule has 6 nitrogen and oxygen atoms in total. The lowest BCUT2D eigenvalue weighted by molar-refractivity contribution is -0.158. The van der Waals surface area contributed by atoms with Crippen molar-refractivity contribution in [3.8, 4) is 0 Å². The molecule has 2 amide bonds. The Balaban J connectivity index is 1.67. The molecule has 142 valence electrons. The molecule has 3 heterocycles. The van der Waals surface area contributed by atoms with Crippen LogP contribution in [0.4, 0.5) is 0 Å². The van der Waals surface area contributed by atoms with Crippen molar-refractivity contribution in [2.75, 3.05) is 33.3 Å². The zero-order valence-corrected chi connectivity index (χ0v) is 16.3. The molecule has 1 aromatic heterocycles. The first-order valence-electron chi connectivity index (χ1n) is 9.34. The third kappa shape index (κ3) is 3.08. The van der Waals surface area contributed by atoms with Gasteiger partial charge in [-0.1, -0.05) is 6.07 Å². The van der Waals surface area contributed by atoms with Gasteiger partial charge in [0.25, 0.3) is 5.91 Å². The van der Waals surface area contributed by atoms with Crippen LogP contribution in [0.25, 0.3) is 10.9 Å². The third-order valence-electron chi connectivity index (χ3n) is 5.67. The Morgan fingerprint density at radius 3 is 2.70 bits per heavy atom. The number of amides is 2. The van der Waals surface area contributed by atoms with Crippen LogP contribution in [0.2, 0.25) is 0 Å². The molecule has 4 rings (SSSR count). The molecular weight excluding hydrogens is 342 g/mol. The Hall–Kier alpha value is -2.47. The van der Waals surface area contributed by atoms with Gasteiger partial charge >= 0.3 is 0 Å². The summed E-state index contributed by atoms with van der Waals surface area (Å²) in [4.78, 5) is 33.3. The number of fused-ring (bicyclic) bond motifs is 1. The molecule has 0 saturated carbocycles. The summed E-state index contributed by atoms with van der Waals surface area (Å²) in [6.45, 7) is 7.76. The molecule has 6 heteroatoms. The maximum atomic E-state index is 13.4. The number of rotatable bonds is 1. The van der Waals surface area contributed by atoms with E-state index in [9.17, 15) is 9.59 Å². The third-order valence-corrected chi connectivity index (χ3v) is 5.67. The van der Waals surface area contributed by atoms with E-state index < -0.39 is 5.60 Å². The summed E-state index contributed by atoms with van der Waals surface area (Å²) >= 11 is 0. The number of pyridine rings is 1. The number of likely N-dealkylation sites (N-methyl/N-ethyl adjacent to an activating group) is 1. The van der Waals surface area contributed by atoms with E-state index in [0.29, 0.717) is 25.2 Å². The minimum absolute atomic E-state index is 0.00727. The molecule has 0 aliphatic carbocycles. The van der Waals surface area contributed by atoms with E-state index in [1.54, 1.807) is 11.9 Å². The van der Waals surface area contributed by atoms with E-state index in [1.165, 1.54) is 0 Å². The van der Waals surface area contributed by atoms with E-state index in [1.807, 2.05) is 37.8 Å². The smallest absolute Gasteiger partial charge is 0.254 e. The molecule has 1 atom stereocenters. The number of hydrogen-bond donors (Lipinski definition) is 0. The lowest BCUT2D eigenvalue weighted by Gasteiger charge is -2.38. The van der Waals surface area contributed by atoms with Crippen LogP contribution in [0.5, 0.6) is 0 Å². The van der Waals surface area contributed by atoms with Gasteiger partial charge in [0.15, 0.2) is 0 Å². The number of carbonyl (C=O) groups is 2. The van der Waals surface area contributed by atoms with Crippen molar-refractivity contribution in [1.29, 1.82) is 0 Å². The van der Waals surface area contributed by atoms with Gasteiger partial charge in [0.1, 0.15) is 12.2 Å². The summed E-state index contributed by atoms with van der Waals surface area (Å²) < 4.78 is 5.88. The number of aromatic nitrogens is 1. The number of aryl methyl sites for hydroxylation is 3. The van der Waals surface area contributed by atoms with Crippen LogP contribution >= 0.6 is 0 Å². The summed E-state index contributed by atoms with van der Waals surface area (Å²) in [5.41, 5.74) is 4.16. The van der Waals surface area contributed by atoms with Crippen LogP contribution in [-0.4, -0.2) is 65.5 Å². The normalized spacial score (nSPS) is 22.9. The first-order valence-corrected chi connectivity index (χ1v) is 9.34. The van der Waals surface area contributed by atoms with Crippen LogP contribution in [-0.2, 0) is 9.53 Å². The lowest BCUT2D eigenvalue weighted by Crippen LogP contribution is -2.54. The number of hydrogen-bond acceptors (Lipinski definition) is 4. The molecule has 0 bridgehead atoms. The fraction of sp³-hybridized carbons (Fsp3) is 0.476. The molecule has 2 aromatic rings. The van der Waals surface area contributed by atoms with E-state index in [0.717, 1.165) is 34.1 Å². The molecule has 2 aliphatic rings. The summed E-state index contributed by atoms with van der Waals surface area (Å²) in [5.74, 6) is 0.00429. The van der Waals surface area contributed by atoms with Gasteiger partial charge < -0.3 is 14.5 Å². The molecule has 2 aliphatic heterocycles. The van der Waals surface area contributed by atoms with Crippen molar-refractivity contribution in [3.05, 3.63) is 40.6 Å². The van der Waals surface area contributed by atoms with E-state index in [-0.39, 0.29) is 18.4 Å². The van der Waals surface area contributed by atoms with Crippen molar-refractivity contribution in [1.82, 2.24) is 14.8 Å². The van der Waals surface area contributed by atoms with Gasteiger partial charge in [-0.2, -0.15) is 0 Å². The summed E-state index contributed by atoms with van der Waals surface area (Å²) in [7, 11) is 1.79. The molecule has 2 saturated heterocycles. The molecular formula is C21H25N3O3. The van der Waals surface area contributed by atoms with Gasteiger partial charge in [-0.15, -0.1) is 0 Å². The van der Waals surface area contributed by atoms with Gasteiger partial charge in [-0.3, -0.25) is 14.6 Å². The molecule has 0 radical (unpaired) electrons. The van der Waals surface area contributed by atoms with Crippen LogP contribution in [0.3, 0.4) is 0 Å². The first kappa shape index (κ1) is 17.9. The second-order valence-electron chi connectivity index (χ2n) is 7.99. The van der Waals surface area contributed by atoms with E-state index >= 15 is 0 Å². The van der Waals surface area contributed by atoms with E-state index in [4.69, 9.17) is 4.74 Å². The zero-order chi connectivity index (χ0) is 19.3. The minimum atomic E-state index is -0.443. The average Bonchev–Trinajstić information content (AvgIpc) is 3.00. The van der Waals surface area contributed by atoms with Crippen molar-refractivity contribution in [2.45, 2.75) is 32.8 Å². The first-order chi connectivity index (χ1) is 12.8. The standard InChI is InChI=1S/C21H25N3O3/c1-13-7-14(2)19-16(9-15(3)22-17(19)8-13)20(26)24-6-5-21(12-24)11-23(4)18(25)10-27-21/h7-9H,5-6,10-12H2,1-4H3/t21-/m0/s1. The highest BCUT2D eigenvalue weighted by Gasteiger charge is 2.45. The number of morpholine rings is 1. The Labute approximate surface area is 159 Å². The zero-order valence-electron chi connectivity index (χ0n) is 16.3. The highest BCUT2D eigenvalue weighted by Crippen LogP contribution is 2.32. The summed E-state index contributed by atoms with van der Waals surface area (Å²) in [6.07, 6.45) is 0.746. The van der Waals surface area contributed by atoms with Crippen LogP contribution < -0.4 is 0 Å². The monoisotopic (exact) mass is 367 g/mol. The topological polar surface area (TPSA) is 62.7 Å². The lowest BCUT2D eigenvalue weighted by atomic mass is 9.99. The van der Waals surface area contributed by atoms with Gasteiger partial charge in [0.05, 0.1) is 24.2 Å². The Bertz CT molecular complexity index is 950. The average molecular weight is 367 g/mol. The number of benzene rings is 1.